The molecule has 2 aromatic carbocycles. The summed E-state index contributed by atoms with van der Waals surface area (Å²) in [5.74, 6) is -0.424. The summed E-state index contributed by atoms with van der Waals surface area (Å²) in [4.78, 5) is 37.9. The number of carbonyl (C=O) groups is 3. The zero-order valence-electron chi connectivity index (χ0n) is 20.3. The molecule has 0 radical (unpaired) electrons. The number of amides is 2. The molecule has 182 valence electrons. The number of ketones is 1. The Balaban J connectivity index is 1.59. The summed E-state index contributed by atoms with van der Waals surface area (Å²) in [5.41, 5.74) is 1.01. The minimum absolute atomic E-state index is 0.00276. The molecule has 34 heavy (non-hydrogen) atoms. The second-order valence-corrected chi connectivity index (χ2v) is 10.9. The van der Waals surface area contributed by atoms with Crippen LogP contribution in [0.15, 0.2) is 42.5 Å². The normalized spacial score (nSPS) is 22.1. The predicted octanol–water partition coefficient (Wildman–Crippen LogP) is 6.32. The third-order valence-corrected chi connectivity index (χ3v) is 8.28. The lowest BCUT2D eigenvalue weighted by atomic mass is 9.63. The summed E-state index contributed by atoms with van der Waals surface area (Å²) < 4.78 is 0. The van der Waals surface area contributed by atoms with E-state index in [0.717, 1.165) is 12.0 Å². The van der Waals surface area contributed by atoms with Crippen molar-refractivity contribution in [3.63, 3.8) is 0 Å². The molecule has 0 aliphatic heterocycles. The predicted molar refractivity (Wildman–Crippen MR) is 137 cm³/mol. The second-order valence-electron chi connectivity index (χ2n) is 10.1. The fourth-order valence-corrected chi connectivity index (χ4v) is 5.54. The average Bonchev–Trinajstić information content (AvgIpc) is 2.99. The Morgan fingerprint density at radius 1 is 1.03 bits per heavy atom. The van der Waals surface area contributed by atoms with Gasteiger partial charge in [-0.3, -0.25) is 14.4 Å². The van der Waals surface area contributed by atoms with Gasteiger partial charge in [-0.05, 0) is 68.4 Å². The summed E-state index contributed by atoms with van der Waals surface area (Å²) in [7, 11) is 0. The van der Waals surface area contributed by atoms with Crippen molar-refractivity contribution in [1.29, 1.82) is 0 Å². The van der Waals surface area contributed by atoms with Crippen molar-refractivity contribution in [3.8, 4) is 0 Å². The second kappa shape index (κ2) is 10.1. The van der Waals surface area contributed by atoms with Crippen LogP contribution in [0.2, 0.25) is 10.0 Å². The Bertz CT molecular complexity index is 1080. The van der Waals surface area contributed by atoms with Gasteiger partial charge in [-0.25, -0.2) is 0 Å². The fourth-order valence-electron chi connectivity index (χ4n) is 4.97. The Hall–Kier alpha value is -2.37. The van der Waals surface area contributed by atoms with Crippen molar-refractivity contribution in [3.05, 3.63) is 63.6 Å². The monoisotopic (exact) mass is 502 g/mol. The van der Waals surface area contributed by atoms with Gasteiger partial charge in [0.25, 0.3) is 5.91 Å². The van der Waals surface area contributed by atoms with Crippen molar-refractivity contribution < 1.29 is 14.4 Å². The van der Waals surface area contributed by atoms with Crippen LogP contribution in [0, 0.1) is 16.7 Å². The number of Topliss-reactive ketones (excluding diaryl/α,β-unsaturated/α-hetero) is 1. The standard InChI is InChI=1S/C27H32Cl2N2O3/c1-16(30-24(33)20-13-14-27(5,17(2)32)26(20,3)4)15-18-9-11-19(12-10-18)31-25(34)23-21(28)7-6-8-22(23)29/h6-12,16,20H,13-15H2,1-5H3,(H,30,33)(H,31,34)/t16-,20-,27+/m1/s1. The molecule has 2 amide bonds. The van der Waals surface area contributed by atoms with Crippen LogP contribution in [-0.2, 0) is 16.0 Å². The van der Waals surface area contributed by atoms with Crippen LogP contribution < -0.4 is 10.6 Å². The van der Waals surface area contributed by atoms with Gasteiger partial charge in [0.05, 0.1) is 15.6 Å². The van der Waals surface area contributed by atoms with E-state index < -0.39 is 10.8 Å². The number of anilines is 1. The molecule has 0 bridgehead atoms. The zero-order chi connectivity index (χ0) is 25.3. The first-order valence-electron chi connectivity index (χ1n) is 11.5. The molecule has 1 fully saturated rings. The topological polar surface area (TPSA) is 75.3 Å². The molecule has 3 rings (SSSR count). The molecular formula is C27H32Cl2N2O3. The third kappa shape index (κ3) is 5.16. The molecular weight excluding hydrogens is 471 g/mol. The molecule has 0 heterocycles. The van der Waals surface area contributed by atoms with E-state index in [-0.39, 0.29) is 35.1 Å². The number of benzene rings is 2. The smallest absolute Gasteiger partial charge is 0.258 e. The van der Waals surface area contributed by atoms with Crippen molar-refractivity contribution in [2.24, 2.45) is 16.7 Å². The number of carbonyl (C=O) groups excluding carboxylic acids is 3. The highest BCUT2D eigenvalue weighted by molar-refractivity contribution is 6.40. The largest absolute Gasteiger partial charge is 0.353 e. The lowest BCUT2D eigenvalue weighted by Crippen LogP contribution is -2.46. The highest BCUT2D eigenvalue weighted by atomic mass is 35.5. The van der Waals surface area contributed by atoms with Gasteiger partial charge in [-0.1, -0.05) is 62.2 Å². The quantitative estimate of drug-likeness (QED) is 0.464. The maximum Gasteiger partial charge on any atom is 0.258 e. The van der Waals surface area contributed by atoms with Crippen LogP contribution >= 0.6 is 23.2 Å². The summed E-state index contributed by atoms with van der Waals surface area (Å²) in [6.45, 7) is 9.63. The van der Waals surface area contributed by atoms with Crippen LogP contribution in [0.1, 0.15) is 63.4 Å². The summed E-state index contributed by atoms with van der Waals surface area (Å²) in [5, 5.41) is 6.53. The van der Waals surface area contributed by atoms with E-state index in [2.05, 4.69) is 10.6 Å². The van der Waals surface area contributed by atoms with Crippen molar-refractivity contribution in [2.75, 3.05) is 5.32 Å². The SMILES string of the molecule is CC(=O)[C@]1(C)CC[C@H](C(=O)N[C@H](C)Cc2ccc(NC(=O)c3c(Cl)cccc3Cl)cc2)C1(C)C. The Labute approximate surface area is 211 Å². The van der Waals surface area contributed by atoms with Crippen molar-refractivity contribution >= 4 is 46.5 Å². The first-order chi connectivity index (χ1) is 15.9. The Morgan fingerprint density at radius 3 is 2.15 bits per heavy atom. The van der Waals surface area contributed by atoms with E-state index in [4.69, 9.17) is 23.2 Å². The Kier molecular flexibility index (Phi) is 7.79. The number of hydrogen-bond acceptors (Lipinski definition) is 3. The molecule has 0 unspecified atom stereocenters. The lowest BCUT2D eigenvalue weighted by molar-refractivity contribution is -0.135. The van der Waals surface area contributed by atoms with E-state index in [0.29, 0.717) is 28.6 Å². The average molecular weight is 503 g/mol. The number of halogens is 2. The molecule has 5 nitrogen and oxygen atoms in total. The van der Waals surface area contributed by atoms with Crippen molar-refractivity contribution in [2.45, 2.75) is 59.9 Å². The number of hydrogen-bond donors (Lipinski definition) is 2. The molecule has 2 aromatic rings. The number of nitrogens with one attached hydrogen (secondary N) is 2. The van der Waals surface area contributed by atoms with Crippen LogP contribution in [0.25, 0.3) is 0 Å². The minimum Gasteiger partial charge on any atom is -0.353 e. The van der Waals surface area contributed by atoms with E-state index in [1.807, 2.05) is 52.0 Å². The van der Waals surface area contributed by atoms with Crippen molar-refractivity contribution in [1.82, 2.24) is 5.32 Å². The molecule has 3 atom stereocenters. The van der Waals surface area contributed by atoms with Gasteiger partial charge in [0.1, 0.15) is 5.78 Å². The summed E-state index contributed by atoms with van der Waals surface area (Å²) in [6.07, 6.45) is 2.09. The molecule has 1 aliphatic rings. The molecule has 0 aromatic heterocycles. The summed E-state index contributed by atoms with van der Waals surface area (Å²) >= 11 is 12.2. The molecule has 1 saturated carbocycles. The van der Waals surface area contributed by atoms with Gasteiger partial charge in [-0.15, -0.1) is 0 Å². The molecule has 2 N–H and O–H groups in total. The number of rotatable bonds is 7. The van der Waals surface area contributed by atoms with Crippen LogP contribution in [0.4, 0.5) is 5.69 Å². The maximum absolute atomic E-state index is 13.0. The maximum atomic E-state index is 13.0. The van der Waals surface area contributed by atoms with Crippen LogP contribution in [-0.4, -0.2) is 23.6 Å². The van der Waals surface area contributed by atoms with E-state index in [1.165, 1.54) is 0 Å². The highest BCUT2D eigenvalue weighted by Crippen LogP contribution is 2.56. The molecule has 0 saturated heterocycles. The van der Waals surface area contributed by atoms with Gasteiger partial charge in [0.2, 0.25) is 5.91 Å². The fraction of sp³-hybridized carbons (Fsp3) is 0.444. The Morgan fingerprint density at radius 2 is 1.62 bits per heavy atom. The van der Waals surface area contributed by atoms with E-state index >= 15 is 0 Å². The van der Waals surface area contributed by atoms with Gasteiger partial charge in [-0.2, -0.15) is 0 Å². The van der Waals surface area contributed by atoms with Gasteiger partial charge in [0.15, 0.2) is 0 Å². The van der Waals surface area contributed by atoms with Gasteiger partial charge >= 0.3 is 0 Å². The molecule has 1 aliphatic carbocycles. The van der Waals surface area contributed by atoms with Crippen LogP contribution in [0.3, 0.4) is 0 Å². The van der Waals surface area contributed by atoms with E-state index in [1.54, 1.807) is 25.1 Å². The van der Waals surface area contributed by atoms with E-state index in [9.17, 15) is 14.4 Å². The third-order valence-electron chi connectivity index (χ3n) is 7.65. The molecule has 7 heteroatoms. The van der Waals surface area contributed by atoms with Gasteiger partial charge in [0, 0.05) is 23.1 Å². The van der Waals surface area contributed by atoms with Gasteiger partial charge < -0.3 is 10.6 Å². The first-order valence-corrected chi connectivity index (χ1v) is 12.3. The van der Waals surface area contributed by atoms with Crippen LogP contribution in [0.5, 0.6) is 0 Å². The minimum atomic E-state index is -0.479. The summed E-state index contributed by atoms with van der Waals surface area (Å²) in [6, 6.07) is 12.3. The lowest BCUT2D eigenvalue weighted by Gasteiger charge is -2.39. The molecule has 0 spiro atoms. The zero-order valence-corrected chi connectivity index (χ0v) is 21.8. The highest BCUT2D eigenvalue weighted by Gasteiger charge is 2.56. The first kappa shape index (κ1) is 26.2.